The fraction of sp³-hybridized carbons (Fsp3) is 0.174. The minimum absolute atomic E-state index is 0.0861. The van der Waals surface area contributed by atoms with Gasteiger partial charge in [-0.15, -0.1) is 0 Å². The lowest BCUT2D eigenvalue weighted by atomic mass is 10.0. The molecule has 1 amide bonds. The summed E-state index contributed by atoms with van der Waals surface area (Å²) >= 11 is 0. The van der Waals surface area contributed by atoms with Crippen LogP contribution < -0.4 is 10.1 Å². The lowest BCUT2D eigenvalue weighted by Gasteiger charge is -2.08. The summed E-state index contributed by atoms with van der Waals surface area (Å²) in [4.78, 5) is 17.1. The Kier molecular flexibility index (Phi) is 5.24. The second kappa shape index (κ2) is 8.14. The lowest BCUT2D eigenvalue weighted by Crippen LogP contribution is -2.19. The number of rotatable bonds is 6. The van der Waals surface area contributed by atoms with E-state index >= 15 is 0 Å². The Balaban J connectivity index is 1.58. The summed E-state index contributed by atoms with van der Waals surface area (Å²) in [6.45, 7) is 4.57. The van der Waals surface area contributed by atoms with Gasteiger partial charge in [0.2, 0.25) is 5.91 Å². The highest BCUT2D eigenvalue weighted by molar-refractivity contribution is 5.96. The maximum atomic E-state index is 12.6. The van der Waals surface area contributed by atoms with Gasteiger partial charge in [0, 0.05) is 17.3 Å². The summed E-state index contributed by atoms with van der Waals surface area (Å²) in [6.07, 6.45) is 1.76. The number of carbonyl (C=O) groups excluding carboxylic acids is 1. The van der Waals surface area contributed by atoms with Crippen LogP contribution in [-0.2, 0) is 11.3 Å². The number of hydrogen-bond acceptors (Lipinski definition) is 4. The van der Waals surface area contributed by atoms with Gasteiger partial charge >= 0.3 is 0 Å². The highest BCUT2D eigenvalue weighted by Crippen LogP contribution is 2.29. The van der Waals surface area contributed by atoms with Crippen LogP contribution in [0, 0.1) is 6.92 Å². The van der Waals surface area contributed by atoms with E-state index in [0.29, 0.717) is 17.9 Å². The van der Waals surface area contributed by atoms with E-state index in [9.17, 15) is 4.79 Å². The average molecular weight is 386 g/mol. The number of fused-ring (bicyclic) bond motifs is 1. The Labute approximate surface area is 169 Å². The second-order valence-corrected chi connectivity index (χ2v) is 6.67. The largest absolute Gasteiger partial charge is 0.494 e. The number of hydrogen-bond donors (Lipinski definition) is 1. The number of ether oxygens (including phenoxy) is 1. The number of pyridine rings is 1. The number of amides is 1. The van der Waals surface area contributed by atoms with E-state index in [0.717, 1.165) is 28.0 Å². The van der Waals surface area contributed by atoms with Crippen LogP contribution in [0.2, 0.25) is 0 Å². The first-order valence-electron chi connectivity index (χ1n) is 9.56. The zero-order valence-corrected chi connectivity index (χ0v) is 16.4. The van der Waals surface area contributed by atoms with E-state index in [2.05, 4.69) is 27.5 Å². The first-order chi connectivity index (χ1) is 14.2. The molecule has 29 heavy (non-hydrogen) atoms. The predicted octanol–water partition coefficient (Wildman–Crippen LogP) is 4.44. The van der Waals surface area contributed by atoms with Crippen molar-refractivity contribution in [3.8, 4) is 16.9 Å². The summed E-state index contributed by atoms with van der Waals surface area (Å²) in [7, 11) is 0. The average Bonchev–Trinajstić information content (AvgIpc) is 3.06. The molecule has 2 aromatic carbocycles. The van der Waals surface area contributed by atoms with Crippen molar-refractivity contribution in [2.45, 2.75) is 20.4 Å². The van der Waals surface area contributed by atoms with Crippen LogP contribution in [0.25, 0.3) is 22.2 Å². The first-order valence-corrected chi connectivity index (χ1v) is 9.56. The maximum Gasteiger partial charge on any atom is 0.246 e. The van der Waals surface area contributed by atoms with Crippen molar-refractivity contribution in [2.75, 3.05) is 11.9 Å². The van der Waals surface area contributed by atoms with Gasteiger partial charge in [-0.05, 0) is 55.3 Å². The summed E-state index contributed by atoms with van der Waals surface area (Å²) < 4.78 is 7.08. The molecular weight excluding hydrogens is 364 g/mol. The SMILES string of the molecule is CCOc1ccc(NC(=O)Cn2nc(C)c3c(-c4ccccc4)ccnc32)cc1. The third-order valence-corrected chi connectivity index (χ3v) is 4.64. The van der Waals surface area contributed by atoms with Gasteiger partial charge in [-0.2, -0.15) is 5.10 Å². The Hall–Kier alpha value is -3.67. The molecule has 146 valence electrons. The minimum Gasteiger partial charge on any atom is -0.494 e. The smallest absolute Gasteiger partial charge is 0.246 e. The predicted molar refractivity (Wildman–Crippen MR) is 114 cm³/mol. The van der Waals surface area contributed by atoms with E-state index in [-0.39, 0.29) is 12.5 Å². The number of carbonyl (C=O) groups is 1. The summed E-state index contributed by atoms with van der Waals surface area (Å²) in [5.74, 6) is 0.613. The highest BCUT2D eigenvalue weighted by atomic mass is 16.5. The molecule has 6 nitrogen and oxygen atoms in total. The van der Waals surface area contributed by atoms with Crippen molar-refractivity contribution in [1.29, 1.82) is 0 Å². The number of nitrogens with zero attached hydrogens (tertiary/aromatic N) is 3. The van der Waals surface area contributed by atoms with Gasteiger partial charge in [-0.3, -0.25) is 4.79 Å². The Morgan fingerprint density at radius 3 is 2.55 bits per heavy atom. The van der Waals surface area contributed by atoms with E-state index in [1.165, 1.54) is 0 Å². The molecule has 4 rings (SSSR count). The van der Waals surface area contributed by atoms with Gasteiger partial charge in [0.1, 0.15) is 12.3 Å². The van der Waals surface area contributed by atoms with Gasteiger partial charge in [-0.25, -0.2) is 9.67 Å². The van der Waals surface area contributed by atoms with Crippen molar-refractivity contribution in [1.82, 2.24) is 14.8 Å². The van der Waals surface area contributed by atoms with Crippen LogP contribution in [0.3, 0.4) is 0 Å². The van der Waals surface area contributed by atoms with E-state index in [1.807, 2.05) is 62.4 Å². The molecule has 0 saturated carbocycles. The molecule has 2 heterocycles. The normalized spacial score (nSPS) is 10.8. The van der Waals surface area contributed by atoms with Crippen LogP contribution in [0.5, 0.6) is 5.75 Å². The molecule has 0 saturated heterocycles. The molecule has 0 fully saturated rings. The Morgan fingerprint density at radius 2 is 1.83 bits per heavy atom. The zero-order valence-electron chi connectivity index (χ0n) is 16.4. The molecule has 0 spiro atoms. The summed E-state index contributed by atoms with van der Waals surface area (Å²) in [5.41, 5.74) is 4.42. The standard InChI is InChI=1S/C23H22N4O2/c1-3-29-19-11-9-18(10-12-19)25-21(28)15-27-23-22(16(2)26-27)20(13-14-24-23)17-7-5-4-6-8-17/h4-14H,3,15H2,1-2H3,(H,25,28). The third kappa shape index (κ3) is 3.96. The lowest BCUT2D eigenvalue weighted by molar-refractivity contribution is -0.116. The van der Waals surface area contributed by atoms with Crippen LogP contribution in [0.1, 0.15) is 12.6 Å². The minimum atomic E-state index is -0.162. The number of aryl methyl sites for hydroxylation is 1. The number of aromatic nitrogens is 3. The molecule has 4 aromatic rings. The van der Waals surface area contributed by atoms with Crippen molar-refractivity contribution in [2.24, 2.45) is 0 Å². The molecule has 0 atom stereocenters. The van der Waals surface area contributed by atoms with Gasteiger partial charge < -0.3 is 10.1 Å². The van der Waals surface area contributed by atoms with Gasteiger partial charge in [0.15, 0.2) is 5.65 Å². The topological polar surface area (TPSA) is 69.0 Å². The van der Waals surface area contributed by atoms with E-state index < -0.39 is 0 Å². The molecule has 6 heteroatoms. The van der Waals surface area contributed by atoms with Crippen molar-refractivity contribution < 1.29 is 9.53 Å². The van der Waals surface area contributed by atoms with E-state index in [1.54, 1.807) is 10.9 Å². The molecule has 1 N–H and O–H groups in total. The first kappa shape index (κ1) is 18.7. The van der Waals surface area contributed by atoms with Crippen molar-refractivity contribution in [3.63, 3.8) is 0 Å². The van der Waals surface area contributed by atoms with Crippen LogP contribution in [0.4, 0.5) is 5.69 Å². The Morgan fingerprint density at radius 1 is 1.07 bits per heavy atom. The third-order valence-electron chi connectivity index (χ3n) is 4.64. The van der Waals surface area contributed by atoms with Gasteiger partial charge in [-0.1, -0.05) is 30.3 Å². The number of anilines is 1. The zero-order chi connectivity index (χ0) is 20.2. The fourth-order valence-corrected chi connectivity index (χ4v) is 3.39. The second-order valence-electron chi connectivity index (χ2n) is 6.67. The van der Waals surface area contributed by atoms with Crippen molar-refractivity contribution >= 4 is 22.6 Å². The fourth-order valence-electron chi connectivity index (χ4n) is 3.39. The van der Waals surface area contributed by atoms with Gasteiger partial charge in [0.25, 0.3) is 0 Å². The molecule has 0 bridgehead atoms. The van der Waals surface area contributed by atoms with Crippen LogP contribution >= 0.6 is 0 Å². The molecule has 0 aliphatic rings. The monoisotopic (exact) mass is 386 g/mol. The summed E-state index contributed by atoms with van der Waals surface area (Å²) in [5, 5.41) is 8.43. The molecule has 2 aromatic heterocycles. The van der Waals surface area contributed by atoms with Gasteiger partial charge in [0.05, 0.1) is 12.3 Å². The molecule has 0 aliphatic heterocycles. The quantitative estimate of drug-likeness (QED) is 0.532. The van der Waals surface area contributed by atoms with E-state index in [4.69, 9.17) is 4.74 Å². The molecule has 0 radical (unpaired) electrons. The Bertz CT molecular complexity index is 1130. The highest BCUT2D eigenvalue weighted by Gasteiger charge is 2.16. The van der Waals surface area contributed by atoms with Crippen molar-refractivity contribution in [3.05, 3.63) is 72.6 Å². The molecular formula is C23H22N4O2. The van der Waals surface area contributed by atoms with Crippen LogP contribution in [0.15, 0.2) is 66.9 Å². The number of nitrogens with one attached hydrogen (secondary N) is 1. The molecule has 0 aliphatic carbocycles. The number of benzene rings is 2. The van der Waals surface area contributed by atoms with Crippen LogP contribution in [-0.4, -0.2) is 27.3 Å². The molecule has 0 unspecified atom stereocenters. The summed E-state index contributed by atoms with van der Waals surface area (Å²) in [6, 6.07) is 19.4. The maximum absolute atomic E-state index is 12.6.